The number of ketones is 1. The monoisotopic (exact) mass is 342 g/mol. The van der Waals surface area contributed by atoms with E-state index in [4.69, 9.17) is 4.74 Å². The third kappa shape index (κ3) is 3.92. The fourth-order valence-corrected chi connectivity index (χ4v) is 3.16. The molecule has 1 heterocycles. The number of aromatic amines is 1. The highest BCUT2D eigenvalue weighted by Gasteiger charge is 2.24. The number of aromatic nitrogens is 1. The van der Waals surface area contributed by atoms with Gasteiger partial charge in [0, 0.05) is 11.3 Å². The largest absolute Gasteiger partial charge is 0.497 e. The summed E-state index contributed by atoms with van der Waals surface area (Å²) < 4.78 is 5.19. The molecule has 2 aromatic rings. The van der Waals surface area contributed by atoms with Gasteiger partial charge in [0.2, 0.25) is 0 Å². The van der Waals surface area contributed by atoms with E-state index in [9.17, 15) is 9.59 Å². The summed E-state index contributed by atoms with van der Waals surface area (Å²) >= 11 is 0. The number of methoxy groups -OCH3 is 1. The molecule has 1 atom stereocenters. The zero-order valence-corrected chi connectivity index (χ0v) is 15.7. The van der Waals surface area contributed by atoms with Crippen molar-refractivity contribution in [2.24, 2.45) is 5.92 Å². The molecule has 0 saturated heterocycles. The van der Waals surface area contributed by atoms with Crippen LogP contribution in [0.2, 0.25) is 0 Å². The number of nitrogens with one attached hydrogen (secondary N) is 2. The average Bonchev–Trinajstić information content (AvgIpc) is 2.87. The maximum atomic E-state index is 12.8. The molecular weight excluding hydrogens is 316 g/mol. The first-order valence-corrected chi connectivity index (χ1v) is 8.41. The van der Waals surface area contributed by atoms with Crippen LogP contribution in [0.3, 0.4) is 0 Å². The van der Waals surface area contributed by atoms with Gasteiger partial charge in [0.15, 0.2) is 5.78 Å². The lowest BCUT2D eigenvalue weighted by atomic mass is 9.95. The minimum atomic E-state index is -0.206. The summed E-state index contributed by atoms with van der Waals surface area (Å²) in [5.74, 6) is 0.740. The van der Waals surface area contributed by atoms with Crippen molar-refractivity contribution in [1.82, 2.24) is 10.3 Å². The molecule has 1 aromatic heterocycles. The second kappa shape index (κ2) is 7.55. The van der Waals surface area contributed by atoms with Crippen LogP contribution in [-0.2, 0) is 0 Å². The predicted molar refractivity (Wildman–Crippen MR) is 98.3 cm³/mol. The van der Waals surface area contributed by atoms with E-state index in [1.807, 2.05) is 31.2 Å². The lowest BCUT2D eigenvalue weighted by Crippen LogP contribution is -2.32. The number of carbonyl (C=O) groups excluding carboxylic acids is 2. The Bertz CT molecular complexity index is 773. The van der Waals surface area contributed by atoms with Crippen molar-refractivity contribution < 1.29 is 14.3 Å². The molecule has 134 valence electrons. The summed E-state index contributed by atoms with van der Waals surface area (Å²) in [6.45, 7) is 9.24. The molecule has 0 radical (unpaired) electrons. The van der Waals surface area contributed by atoms with Gasteiger partial charge in [0.1, 0.15) is 11.4 Å². The smallest absolute Gasteiger partial charge is 0.268 e. The van der Waals surface area contributed by atoms with Gasteiger partial charge in [0.05, 0.1) is 13.2 Å². The highest BCUT2D eigenvalue weighted by molar-refractivity contribution is 6.02. The summed E-state index contributed by atoms with van der Waals surface area (Å²) in [5, 5.41) is 3.08. The van der Waals surface area contributed by atoms with Gasteiger partial charge in [-0.1, -0.05) is 26.0 Å². The number of benzene rings is 1. The quantitative estimate of drug-likeness (QED) is 0.780. The third-order valence-electron chi connectivity index (χ3n) is 4.44. The predicted octanol–water partition coefficient (Wildman–Crippen LogP) is 3.97. The Morgan fingerprint density at radius 2 is 1.72 bits per heavy atom. The van der Waals surface area contributed by atoms with Crippen molar-refractivity contribution in [3.05, 3.63) is 52.3 Å². The molecule has 2 rings (SSSR count). The average molecular weight is 342 g/mol. The van der Waals surface area contributed by atoms with E-state index in [0.29, 0.717) is 16.8 Å². The van der Waals surface area contributed by atoms with Crippen LogP contribution in [0.1, 0.15) is 64.5 Å². The topological polar surface area (TPSA) is 71.2 Å². The van der Waals surface area contributed by atoms with Gasteiger partial charge < -0.3 is 15.0 Å². The van der Waals surface area contributed by atoms with Crippen molar-refractivity contribution in [3.63, 3.8) is 0 Å². The van der Waals surface area contributed by atoms with E-state index in [1.54, 1.807) is 14.0 Å². The Hall–Kier alpha value is -2.56. The Labute approximate surface area is 148 Å². The summed E-state index contributed by atoms with van der Waals surface area (Å²) in [7, 11) is 1.62. The van der Waals surface area contributed by atoms with E-state index in [2.05, 4.69) is 24.1 Å². The molecule has 0 fully saturated rings. The summed E-state index contributed by atoms with van der Waals surface area (Å²) in [4.78, 5) is 27.6. The Kier molecular flexibility index (Phi) is 5.67. The zero-order chi connectivity index (χ0) is 18.7. The molecule has 0 spiro atoms. The molecule has 0 bridgehead atoms. The van der Waals surface area contributed by atoms with Crippen molar-refractivity contribution >= 4 is 11.7 Å². The van der Waals surface area contributed by atoms with Gasteiger partial charge in [0.25, 0.3) is 5.91 Å². The van der Waals surface area contributed by atoms with Gasteiger partial charge in [-0.2, -0.15) is 0 Å². The molecule has 0 aliphatic carbocycles. The van der Waals surface area contributed by atoms with Crippen molar-refractivity contribution in [2.45, 2.75) is 40.7 Å². The first kappa shape index (κ1) is 18.8. The number of H-pyrrole nitrogens is 1. The van der Waals surface area contributed by atoms with E-state index >= 15 is 0 Å². The molecule has 5 nitrogen and oxygen atoms in total. The van der Waals surface area contributed by atoms with Crippen LogP contribution in [0, 0.1) is 19.8 Å². The highest BCUT2D eigenvalue weighted by atomic mass is 16.5. The molecule has 1 unspecified atom stereocenters. The molecule has 2 N–H and O–H groups in total. The van der Waals surface area contributed by atoms with Crippen molar-refractivity contribution in [3.8, 4) is 5.75 Å². The van der Waals surface area contributed by atoms with Crippen LogP contribution in [-0.4, -0.2) is 23.8 Å². The SMILES string of the molecule is COc1ccc(C(NC(=O)c2[nH]c(C)c(C(C)=O)c2C)C(C)C)cc1. The highest BCUT2D eigenvalue weighted by Crippen LogP contribution is 2.25. The number of rotatable bonds is 6. The maximum absolute atomic E-state index is 12.8. The third-order valence-corrected chi connectivity index (χ3v) is 4.44. The van der Waals surface area contributed by atoms with E-state index in [1.165, 1.54) is 6.92 Å². The second-order valence-corrected chi connectivity index (χ2v) is 6.65. The van der Waals surface area contributed by atoms with E-state index < -0.39 is 0 Å². The maximum Gasteiger partial charge on any atom is 0.268 e. The number of aryl methyl sites for hydroxylation is 1. The molecular formula is C20H26N2O3. The van der Waals surface area contributed by atoms with Crippen LogP contribution >= 0.6 is 0 Å². The number of carbonyl (C=O) groups is 2. The minimum absolute atomic E-state index is 0.0409. The van der Waals surface area contributed by atoms with E-state index in [-0.39, 0.29) is 23.7 Å². The Morgan fingerprint density at radius 1 is 1.12 bits per heavy atom. The van der Waals surface area contributed by atoms with Crippen molar-refractivity contribution in [1.29, 1.82) is 0 Å². The molecule has 0 aliphatic rings. The van der Waals surface area contributed by atoms with Crippen LogP contribution in [0.4, 0.5) is 0 Å². The number of ether oxygens (including phenoxy) is 1. The van der Waals surface area contributed by atoms with Crippen LogP contribution in [0.5, 0.6) is 5.75 Å². The Balaban J connectivity index is 2.29. The van der Waals surface area contributed by atoms with Gasteiger partial charge in [-0.3, -0.25) is 9.59 Å². The summed E-state index contributed by atoms with van der Waals surface area (Å²) in [5.41, 5.74) is 3.47. The van der Waals surface area contributed by atoms with Gasteiger partial charge in [-0.05, 0) is 49.9 Å². The fraction of sp³-hybridized carbons (Fsp3) is 0.400. The zero-order valence-electron chi connectivity index (χ0n) is 15.7. The lowest BCUT2D eigenvalue weighted by Gasteiger charge is -2.23. The molecule has 5 heteroatoms. The first-order valence-electron chi connectivity index (χ1n) is 8.41. The van der Waals surface area contributed by atoms with Crippen LogP contribution in [0.15, 0.2) is 24.3 Å². The molecule has 25 heavy (non-hydrogen) atoms. The normalized spacial score (nSPS) is 12.1. The van der Waals surface area contributed by atoms with E-state index in [0.717, 1.165) is 17.0 Å². The van der Waals surface area contributed by atoms with Crippen LogP contribution in [0.25, 0.3) is 0 Å². The number of hydrogen-bond donors (Lipinski definition) is 2. The summed E-state index contributed by atoms with van der Waals surface area (Å²) in [6.07, 6.45) is 0. The van der Waals surface area contributed by atoms with Gasteiger partial charge in [-0.15, -0.1) is 0 Å². The van der Waals surface area contributed by atoms with Gasteiger partial charge >= 0.3 is 0 Å². The number of amides is 1. The standard InChI is InChI=1S/C20H26N2O3/c1-11(2)18(15-7-9-16(25-6)10-8-15)22-20(24)19-12(3)17(14(5)23)13(4)21-19/h7-11,18,21H,1-6H3,(H,22,24). The summed E-state index contributed by atoms with van der Waals surface area (Å²) in [6, 6.07) is 7.54. The molecule has 0 saturated carbocycles. The van der Waals surface area contributed by atoms with Crippen molar-refractivity contribution in [2.75, 3.05) is 7.11 Å². The second-order valence-electron chi connectivity index (χ2n) is 6.65. The lowest BCUT2D eigenvalue weighted by molar-refractivity contribution is 0.0920. The number of Topliss-reactive ketones (excluding diaryl/α,β-unsaturated/α-hetero) is 1. The molecule has 0 aliphatic heterocycles. The first-order chi connectivity index (χ1) is 11.8. The molecule has 1 aromatic carbocycles. The minimum Gasteiger partial charge on any atom is -0.497 e. The van der Waals surface area contributed by atoms with Gasteiger partial charge in [-0.25, -0.2) is 0 Å². The number of hydrogen-bond acceptors (Lipinski definition) is 3. The van der Waals surface area contributed by atoms with Crippen LogP contribution < -0.4 is 10.1 Å². The molecule has 1 amide bonds. The Morgan fingerprint density at radius 3 is 2.16 bits per heavy atom. The fourth-order valence-electron chi connectivity index (χ4n) is 3.16.